The van der Waals surface area contributed by atoms with E-state index >= 15 is 0 Å². The molecule has 2 aromatic carbocycles. The molecule has 43 heavy (non-hydrogen) atoms. The number of thiophene rings is 1. The van der Waals surface area contributed by atoms with Crippen LogP contribution in [0.25, 0.3) is 38.2 Å². The highest BCUT2D eigenvalue weighted by molar-refractivity contribution is 7.18. The van der Waals surface area contributed by atoms with Gasteiger partial charge >= 0.3 is 0 Å². The summed E-state index contributed by atoms with van der Waals surface area (Å²) in [6, 6.07) is 18.7. The Balaban J connectivity index is 1.23. The molecule has 6 aromatic rings. The summed E-state index contributed by atoms with van der Waals surface area (Å²) in [4.78, 5) is 33.9. The minimum atomic E-state index is -0.229. The van der Waals surface area contributed by atoms with E-state index in [0.717, 1.165) is 37.7 Å². The monoisotopic (exact) mass is 588 g/mol. The van der Waals surface area contributed by atoms with E-state index in [4.69, 9.17) is 10.5 Å². The third-order valence-corrected chi connectivity index (χ3v) is 8.25. The Morgan fingerprint density at radius 2 is 1.88 bits per heavy atom. The SMILES string of the molecule is COc1cc(-c2csc3c(C=CCNC(=O)c4ccncc4)cnc(N)c23)ccc1NC(=O)c1cc2ccccc2n1C. The van der Waals surface area contributed by atoms with Gasteiger partial charge in [0.15, 0.2) is 0 Å². The number of ether oxygens (including phenoxy) is 1. The number of rotatable bonds is 8. The molecule has 0 aliphatic carbocycles. The molecular formula is C33H28N6O3S. The number of nitrogens with one attached hydrogen (secondary N) is 2. The number of methoxy groups -OCH3 is 1. The van der Waals surface area contributed by atoms with Crippen LogP contribution in [-0.2, 0) is 7.05 Å². The summed E-state index contributed by atoms with van der Waals surface area (Å²) in [7, 11) is 3.45. The Morgan fingerprint density at radius 1 is 1.07 bits per heavy atom. The van der Waals surface area contributed by atoms with Crippen LogP contribution in [0.3, 0.4) is 0 Å². The summed E-state index contributed by atoms with van der Waals surface area (Å²) in [6.07, 6.45) is 8.70. The molecule has 0 bridgehead atoms. The van der Waals surface area contributed by atoms with Crippen molar-refractivity contribution >= 4 is 61.7 Å². The third-order valence-electron chi connectivity index (χ3n) is 7.22. The number of benzene rings is 2. The zero-order valence-electron chi connectivity index (χ0n) is 23.5. The normalized spacial score (nSPS) is 11.3. The lowest BCUT2D eigenvalue weighted by molar-refractivity contribution is 0.0957. The fourth-order valence-corrected chi connectivity index (χ4v) is 6.09. The molecule has 6 rings (SSSR count). The van der Waals surface area contributed by atoms with Gasteiger partial charge in [-0.25, -0.2) is 4.98 Å². The second-order valence-corrected chi connectivity index (χ2v) is 10.7. The van der Waals surface area contributed by atoms with Crippen molar-refractivity contribution in [3.05, 3.63) is 108 Å². The Morgan fingerprint density at radius 3 is 2.67 bits per heavy atom. The van der Waals surface area contributed by atoms with Crippen LogP contribution in [0.15, 0.2) is 90.7 Å². The quantitative estimate of drug-likeness (QED) is 0.196. The molecule has 0 fully saturated rings. The third kappa shape index (κ3) is 5.43. The van der Waals surface area contributed by atoms with Crippen molar-refractivity contribution in [2.24, 2.45) is 7.05 Å². The molecule has 0 atom stereocenters. The van der Waals surface area contributed by atoms with Gasteiger partial charge in [0, 0.05) is 69.9 Å². The van der Waals surface area contributed by atoms with E-state index in [1.54, 1.807) is 49.2 Å². The molecule has 9 nitrogen and oxygen atoms in total. The van der Waals surface area contributed by atoms with E-state index in [0.29, 0.717) is 35.1 Å². The lowest BCUT2D eigenvalue weighted by atomic mass is 10.0. The van der Waals surface area contributed by atoms with E-state index in [1.165, 1.54) is 0 Å². The number of hydrogen-bond donors (Lipinski definition) is 3. The lowest BCUT2D eigenvalue weighted by Crippen LogP contribution is -2.23. The highest BCUT2D eigenvalue weighted by Crippen LogP contribution is 2.41. The van der Waals surface area contributed by atoms with Gasteiger partial charge < -0.3 is 25.7 Å². The van der Waals surface area contributed by atoms with Crippen LogP contribution in [0.4, 0.5) is 11.5 Å². The second-order valence-electron chi connectivity index (χ2n) is 9.82. The first kappa shape index (κ1) is 27.7. The first-order chi connectivity index (χ1) is 20.9. The van der Waals surface area contributed by atoms with E-state index in [-0.39, 0.29) is 11.8 Å². The first-order valence-corrected chi connectivity index (χ1v) is 14.4. The number of amides is 2. The van der Waals surface area contributed by atoms with Crippen molar-refractivity contribution in [3.8, 4) is 16.9 Å². The predicted molar refractivity (Wildman–Crippen MR) is 172 cm³/mol. The van der Waals surface area contributed by atoms with Crippen molar-refractivity contribution in [1.82, 2.24) is 19.9 Å². The average Bonchev–Trinajstić information content (AvgIpc) is 3.63. The number of pyridine rings is 2. The smallest absolute Gasteiger partial charge is 0.272 e. The Kier molecular flexibility index (Phi) is 7.59. The zero-order valence-corrected chi connectivity index (χ0v) is 24.3. The average molecular weight is 589 g/mol. The molecule has 0 aliphatic rings. The molecule has 214 valence electrons. The number of nitrogens with two attached hydrogens (primary N) is 1. The van der Waals surface area contributed by atoms with Crippen molar-refractivity contribution in [2.45, 2.75) is 0 Å². The van der Waals surface area contributed by atoms with E-state index in [2.05, 4.69) is 20.6 Å². The number of hydrogen-bond acceptors (Lipinski definition) is 7. The van der Waals surface area contributed by atoms with Gasteiger partial charge in [-0.15, -0.1) is 11.3 Å². The standard InChI is InChI=1S/C33H28N6O3S/c1-39-26-8-4-3-6-22(26)16-27(39)33(41)38-25-10-9-21(17-28(25)42-2)24-19-43-30-23(18-37-31(34)29(24)30)7-5-13-36-32(40)20-11-14-35-15-12-20/h3-12,14-19H,13H2,1-2H3,(H2,34,37)(H,36,40)(H,38,41). The molecule has 0 spiro atoms. The zero-order chi connectivity index (χ0) is 29.9. The highest BCUT2D eigenvalue weighted by Gasteiger charge is 2.18. The van der Waals surface area contributed by atoms with Crippen LogP contribution >= 0.6 is 11.3 Å². The number of anilines is 2. The van der Waals surface area contributed by atoms with Crippen molar-refractivity contribution in [2.75, 3.05) is 24.7 Å². The van der Waals surface area contributed by atoms with Crippen LogP contribution in [-0.4, -0.2) is 40.0 Å². The molecule has 4 heterocycles. The van der Waals surface area contributed by atoms with Gasteiger partial charge in [-0.2, -0.15) is 0 Å². The fourth-order valence-electron chi connectivity index (χ4n) is 5.02. The van der Waals surface area contributed by atoms with Crippen LogP contribution in [0.1, 0.15) is 26.4 Å². The predicted octanol–water partition coefficient (Wildman–Crippen LogP) is 6.14. The Hall–Kier alpha value is -5.48. The maximum Gasteiger partial charge on any atom is 0.272 e. The molecule has 4 N–H and O–H groups in total. The maximum absolute atomic E-state index is 13.2. The summed E-state index contributed by atoms with van der Waals surface area (Å²) in [5.41, 5.74) is 11.7. The van der Waals surface area contributed by atoms with E-state index in [1.807, 2.05) is 77.7 Å². The topological polar surface area (TPSA) is 124 Å². The molecule has 2 amide bonds. The van der Waals surface area contributed by atoms with Crippen LogP contribution in [0, 0.1) is 0 Å². The molecule has 0 saturated carbocycles. The first-order valence-electron chi connectivity index (χ1n) is 13.5. The van der Waals surface area contributed by atoms with Gasteiger partial charge in [0.25, 0.3) is 11.8 Å². The van der Waals surface area contributed by atoms with Crippen LogP contribution in [0.2, 0.25) is 0 Å². The number of aromatic nitrogens is 3. The summed E-state index contributed by atoms with van der Waals surface area (Å²) in [5, 5.41) is 9.73. The highest BCUT2D eigenvalue weighted by atomic mass is 32.1. The minimum Gasteiger partial charge on any atom is -0.495 e. The number of fused-ring (bicyclic) bond motifs is 2. The minimum absolute atomic E-state index is 0.170. The van der Waals surface area contributed by atoms with Gasteiger partial charge in [0.2, 0.25) is 0 Å². The summed E-state index contributed by atoms with van der Waals surface area (Å²) < 4.78 is 8.53. The number of aryl methyl sites for hydroxylation is 1. The lowest BCUT2D eigenvalue weighted by Gasteiger charge is -2.13. The summed E-state index contributed by atoms with van der Waals surface area (Å²) in [5.74, 6) is 0.544. The second kappa shape index (κ2) is 11.8. The molecule has 4 aromatic heterocycles. The number of carbonyl (C=O) groups excluding carboxylic acids is 2. The van der Waals surface area contributed by atoms with Crippen molar-refractivity contribution in [1.29, 1.82) is 0 Å². The van der Waals surface area contributed by atoms with Gasteiger partial charge in [-0.3, -0.25) is 14.6 Å². The molecule has 0 saturated heterocycles. The Labute approximate surface area is 251 Å². The largest absolute Gasteiger partial charge is 0.495 e. The number of carbonyl (C=O) groups is 2. The number of para-hydroxylation sites is 1. The molecule has 10 heteroatoms. The fraction of sp³-hybridized carbons (Fsp3) is 0.0909. The summed E-state index contributed by atoms with van der Waals surface area (Å²) in [6.45, 7) is 0.356. The van der Waals surface area contributed by atoms with E-state index in [9.17, 15) is 9.59 Å². The van der Waals surface area contributed by atoms with Crippen LogP contribution in [0.5, 0.6) is 5.75 Å². The molecular weight excluding hydrogens is 560 g/mol. The molecule has 0 aliphatic heterocycles. The number of nitrogens with zero attached hydrogens (tertiary/aromatic N) is 3. The molecule has 0 unspecified atom stereocenters. The van der Waals surface area contributed by atoms with Gasteiger partial charge in [-0.1, -0.05) is 36.4 Å². The van der Waals surface area contributed by atoms with Gasteiger partial charge in [0.05, 0.1) is 12.8 Å². The van der Waals surface area contributed by atoms with Crippen molar-refractivity contribution in [3.63, 3.8) is 0 Å². The van der Waals surface area contributed by atoms with Crippen molar-refractivity contribution < 1.29 is 14.3 Å². The van der Waals surface area contributed by atoms with Crippen LogP contribution < -0.4 is 21.1 Å². The Bertz CT molecular complexity index is 2010. The van der Waals surface area contributed by atoms with E-state index < -0.39 is 0 Å². The maximum atomic E-state index is 13.2. The summed E-state index contributed by atoms with van der Waals surface area (Å²) >= 11 is 1.56. The molecule has 0 radical (unpaired) electrons. The van der Waals surface area contributed by atoms with Gasteiger partial charge in [-0.05, 0) is 47.3 Å². The number of nitrogen functional groups attached to an aromatic ring is 1. The van der Waals surface area contributed by atoms with Gasteiger partial charge in [0.1, 0.15) is 17.3 Å².